The van der Waals surface area contributed by atoms with Crippen molar-refractivity contribution in [2.45, 2.75) is 0 Å². The van der Waals surface area contributed by atoms with Crippen LogP contribution in [0, 0.1) is 0 Å². The molecular formula is C14H13ClN2O2S. The molecule has 2 rings (SSSR count). The first-order valence-electron chi connectivity index (χ1n) is 6.02. The largest absolute Gasteiger partial charge is 0.350 e. The molecule has 1 heterocycles. The third-order valence-electron chi connectivity index (χ3n) is 2.55. The van der Waals surface area contributed by atoms with Crippen LogP contribution < -0.4 is 10.6 Å². The molecule has 2 amide bonds. The fourth-order valence-corrected chi connectivity index (χ4v) is 2.32. The van der Waals surface area contributed by atoms with Gasteiger partial charge < -0.3 is 10.6 Å². The van der Waals surface area contributed by atoms with Crippen LogP contribution in [0.1, 0.15) is 20.0 Å². The molecule has 0 saturated carbocycles. The Morgan fingerprint density at radius 1 is 1.00 bits per heavy atom. The van der Waals surface area contributed by atoms with E-state index in [0.29, 0.717) is 28.6 Å². The van der Waals surface area contributed by atoms with E-state index < -0.39 is 0 Å². The number of thiophene rings is 1. The third kappa shape index (κ3) is 4.08. The number of carbonyl (C=O) groups excluding carboxylic acids is 2. The molecule has 20 heavy (non-hydrogen) atoms. The Bertz CT molecular complexity index is 582. The second-order valence-corrected chi connectivity index (χ2v) is 5.38. The Balaban J connectivity index is 1.72. The van der Waals surface area contributed by atoms with Gasteiger partial charge in [0.25, 0.3) is 11.8 Å². The highest BCUT2D eigenvalue weighted by atomic mass is 35.5. The lowest BCUT2D eigenvalue weighted by Crippen LogP contribution is -2.34. The van der Waals surface area contributed by atoms with Gasteiger partial charge in [-0.3, -0.25) is 9.59 Å². The van der Waals surface area contributed by atoms with Crippen molar-refractivity contribution in [3.63, 3.8) is 0 Å². The van der Waals surface area contributed by atoms with E-state index >= 15 is 0 Å². The first-order chi connectivity index (χ1) is 9.66. The molecule has 0 aliphatic rings. The summed E-state index contributed by atoms with van der Waals surface area (Å²) in [5, 5.41) is 7.89. The van der Waals surface area contributed by atoms with Crippen LogP contribution in [-0.4, -0.2) is 24.9 Å². The maximum absolute atomic E-state index is 11.8. The van der Waals surface area contributed by atoms with Gasteiger partial charge in [0.1, 0.15) is 0 Å². The van der Waals surface area contributed by atoms with Crippen LogP contribution in [0.3, 0.4) is 0 Å². The summed E-state index contributed by atoms with van der Waals surface area (Å²) in [4.78, 5) is 24.1. The molecule has 0 radical (unpaired) electrons. The van der Waals surface area contributed by atoms with E-state index in [0.717, 1.165) is 0 Å². The van der Waals surface area contributed by atoms with E-state index in [1.165, 1.54) is 11.3 Å². The van der Waals surface area contributed by atoms with Gasteiger partial charge in [-0.1, -0.05) is 17.7 Å². The van der Waals surface area contributed by atoms with Crippen molar-refractivity contribution in [1.29, 1.82) is 0 Å². The summed E-state index contributed by atoms with van der Waals surface area (Å²) >= 11 is 7.13. The summed E-state index contributed by atoms with van der Waals surface area (Å²) in [6.07, 6.45) is 0. The van der Waals surface area contributed by atoms with E-state index in [4.69, 9.17) is 11.6 Å². The van der Waals surface area contributed by atoms with Crippen LogP contribution in [-0.2, 0) is 0 Å². The molecule has 104 valence electrons. The van der Waals surface area contributed by atoms with Crippen molar-refractivity contribution < 1.29 is 9.59 Å². The maximum Gasteiger partial charge on any atom is 0.261 e. The molecule has 6 heteroatoms. The molecule has 2 N–H and O–H groups in total. The van der Waals surface area contributed by atoms with Gasteiger partial charge in [-0.05, 0) is 35.7 Å². The Hall–Kier alpha value is -1.85. The number of rotatable bonds is 5. The van der Waals surface area contributed by atoms with Crippen molar-refractivity contribution >= 4 is 34.8 Å². The topological polar surface area (TPSA) is 58.2 Å². The van der Waals surface area contributed by atoms with Gasteiger partial charge in [0.05, 0.1) is 4.88 Å². The monoisotopic (exact) mass is 308 g/mol. The van der Waals surface area contributed by atoms with Crippen molar-refractivity contribution in [1.82, 2.24) is 10.6 Å². The average Bonchev–Trinajstić information content (AvgIpc) is 2.98. The molecule has 0 atom stereocenters. The number of benzene rings is 1. The quantitative estimate of drug-likeness (QED) is 0.834. The van der Waals surface area contributed by atoms with Gasteiger partial charge in [-0.2, -0.15) is 0 Å². The Morgan fingerprint density at radius 3 is 2.25 bits per heavy atom. The smallest absolute Gasteiger partial charge is 0.261 e. The molecule has 0 unspecified atom stereocenters. The predicted molar refractivity (Wildman–Crippen MR) is 80.4 cm³/mol. The van der Waals surface area contributed by atoms with Crippen LogP contribution in [0.4, 0.5) is 0 Å². The lowest BCUT2D eigenvalue weighted by molar-refractivity contribution is 0.0929. The summed E-state index contributed by atoms with van der Waals surface area (Å²) < 4.78 is 0. The van der Waals surface area contributed by atoms with Crippen LogP contribution in [0.15, 0.2) is 41.8 Å². The zero-order valence-electron chi connectivity index (χ0n) is 10.6. The second kappa shape index (κ2) is 7.07. The molecule has 0 spiro atoms. The predicted octanol–water partition coefficient (Wildman–Crippen LogP) is 2.56. The van der Waals surface area contributed by atoms with E-state index in [1.54, 1.807) is 30.3 Å². The van der Waals surface area contributed by atoms with E-state index in [9.17, 15) is 9.59 Å². The zero-order chi connectivity index (χ0) is 14.4. The lowest BCUT2D eigenvalue weighted by atomic mass is 10.2. The summed E-state index contributed by atoms with van der Waals surface area (Å²) in [6, 6.07) is 10.2. The van der Waals surface area contributed by atoms with Gasteiger partial charge in [0.2, 0.25) is 0 Å². The highest BCUT2D eigenvalue weighted by Crippen LogP contribution is 2.09. The molecule has 2 aromatic rings. The maximum atomic E-state index is 11.8. The Morgan fingerprint density at radius 2 is 1.65 bits per heavy atom. The van der Waals surface area contributed by atoms with Crippen LogP contribution in [0.25, 0.3) is 0 Å². The van der Waals surface area contributed by atoms with Crippen LogP contribution in [0.5, 0.6) is 0 Å². The third-order valence-corrected chi connectivity index (χ3v) is 3.67. The van der Waals surface area contributed by atoms with Gasteiger partial charge in [0, 0.05) is 23.7 Å². The normalized spacial score (nSPS) is 10.1. The Labute approximate surface area is 125 Å². The molecule has 0 saturated heterocycles. The molecule has 0 aliphatic heterocycles. The molecule has 4 nitrogen and oxygen atoms in total. The first-order valence-corrected chi connectivity index (χ1v) is 7.28. The molecular weight excluding hydrogens is 296 g/mol. The molecule has 1 aromatic heterocycles. The van der Waals surface area contributed by atoms with E-state index in [2.05, 4.69) is 10.6 Å². The minimum Gasteiger partial charge on any atom is -0.350 e. The minimum atomic E-state index is -0.188. The lowest BCUT2D eigenvalue weighted by Gasteiger charge is -2.06. The van der Waals surface area contributed by atoms with E-state index in [-0.39, 0.29) is 11.8 Å². The molecule has 0 aliphatic carbocycles. The summed E-state index contributed by atoms with van der Waals surface area (Å²) in [5.74, 6) is -0.312. The van der Waals surface area contributed by atoms with E-state index in [1.807, 2.05) is 11.4 Å². The number of carbonyl (C=O) groups is 2. The summed E-state index contributed by atoms with van der Waals surface area (Å²) in [5.41, 5.74) is 0.541. The highest BCUT2D eigenvalue weighted by Gasteiger charge is 2.06. The molecule has 0 fully saturated rings. The number of hydrogen-bond donors (Lipinski definition) is 2. The number of amides is 2. The highest BCUT2D eigenvalue weighted by molar-refractivity contribution is 7.12. The number of halogens is 1. The Kier molecular flexibility index (Phi) is 5.15. The van der Waals surface area contributed by atoms with Gasteiger partial charge >= 0.3 is 0 Å². The standard InChI is InChI=1S/C14H13ClN2O2S/c15-11-5-3-10(4-6-11)13(18)16-7-8-17-14(19)12-2-1-9-20-12/h1-6,9H,7-8H2,(H,16,18)(H,17,19). The molecule has 1 aromatic carbocycles. The average molecular weight is 309 g/mol. The van der Waals surface area contributed by atoms with Gasteiger partial charge in [-0.25, -0.2) is 0 Å². The zero-order valence-corrected chi connectivity index (χ0v) is 12.1. The van der Waals surface area contributed by atoms with Crippen molar-refractivity contribution in [3.8, 4) is 0 Å². The molecule has 0 bridgehead atoms. The number of nitrogens with one attached hydrogen (secondary N) is 2. The van der Waals surface area contributed by atoms with Crippen molar-refractivity contribution in [3.05, 3.63) is 57.2 Å². The van der Waals surface area contributed by atoms with Crippen LogP contribution in [0.2, 0.25) is 5.02 Å². The fraction of sp³-hybridized carbons (Fsp3) is 0.143. The minimum absolute atomic E-state index is 0.124. The van der Waals surface area contributed by atoms with Crippen LogP contribution >= 0.6 is 22.9 Å². The van der Waals surface area contributed by atoms with Gasteiger partial charge in [-0.15, -0.1) is 11.3 Å². The summed E-state index contributed by atoms with van der Waals surface area (Å²) in [6.45, 7) is 0.759. The summed E-state index contributed by atoms with van der Waals surface area (Å²) in [7, 11) is 0. The second-order valence-electron chi connectivity index (χ2n) is 4.00. The van der Waals surface area contributed by atoms with Gasteiger partial charge in [0.15, 0.2) is 0 Å². The van der Waals surface area contributed by atoms with Crippen molar-refractivity contribution in [2.75, 3.05) is 13.1 Å². The number of hydrogen-bond acceptors (Lipinski definition) is 3. The fourth-order valence-electron chi connectivity index (χ4n) is 1.55. The SMILES string of the molecule is O=C(NCCNC(=O)c1cccs1)c1ccc(Cl)cc1. The van der Waals surface area contributed by atoms with Crippen molar-refractivity contribution in [2.24, 2.45) is 0 Å². The first kappa shape index (κ1) is 14.6.